The van der Waals surface area contributed by atoms with Crippen LogP contribution in [0.15, 0.2) is 0 Å². The van der Waals surface area contributed by atoms with Crippen molar-refractivity contribution in [1.82, 2.24) is 0 Å². The number of aliphatic hydroxyl groups is 1. The maximum Gasteiger partial charge on any atom is 0.0543 e. The molecule has 0 aromatic rings. The van der Waals surface area contributed by atoms with Gasteiger partial charge in [-0.1, -0.05) is 19.3 Å². The van der Waals surface area contributed by atoms with E-state index in [2.05, 4.69) is 0 Å². The van der Waals surface area contributed by atoms with E-state index in [0.717, 1.165) is 24.7 Å². The fourth-order valence-corrected chi connectivity index (χ4v) is 2.68. The fourth-order valence-electron chi connectivity index (χ4n) is 2.68. The summed E-state index contributed by atoms with van der Waals surface area (Å²) in [7, 11) is 0. The van der Waals surface area contributed by atoms with Gasteiger partial charge in [-0.25, -0.2) is 0 Å². The third-order valence-corrected chi connectivity index (χ3v) is 3.26. The smallest absolute Gasteiger partial charge is 0.0543 e. The average molecular weight is 140 g/mol. The maximum atomic E-state index is 9.36. The Kier molecular flexibility index (Phi) is 1.69. The Hall–Kier alpha value is -0.0400. The summed E-state index contributed by atoms with van der Waals surface area (Å²) in [5, 5.41) is 9.36. The number of hydrogen-bond donors (Lipinski definition) is 1. The molecule has 0 unspecified atom stereocenters. The summed E-state index contributed by atoms with van der Waals surface area (Å²) >= 11 is 0. The van der Waals surface area contributed by atoms with Gasteiger partial charge in [0.25, 0.3) is 0 Å². The molecule has 0 radical (unpaired) electrons. The second kappa shape index (κ2) is 2.54. The average Bonchev–Trinajstić information content (AvgIpc) is 2.33. The molecule has 1 nitrogen and oxygen atoms in total. The molecule has 0 aliphatic heterocycles. The molecule has 10 heavy (non-hydrogen) atoms. The molecule has 0 saturated heterocycles. The topological polar surface area (TPSA) is 20.2 Å². The second-order valence-corrected chi connectivity index (χ2v) is 3.92. The molecule has 0 aromatic heterocycles. The lowest BCUT2D eigenvalue weighted by atomic mass is 9.80. The van der Waals surface area contributed by atoms with Crippen LogP contribution >= 0.6 is 0 Å². The van der Waals surface area contributed by atoms with Crippen LogP contribution in [-0.4, -0.2) is 11.2 Å². The van der Waals surface area contributed by atoms with Gasteiger partial charge in [0.15, 0.2) is 0 Å². The summed E-state index contributed by atoms with van der Waals surface area (Å²) in [5.74, 6) is 1.88. The Balaban J connectivity index is 1.96. The van der Waals surface area contributed by atoms with Gasteiger partial charge in [-0.05, 0) is 31.1 Å². The molecule has 2 aliphatic rings. The fraction of sp³-hybridized carbons (Fsp3) is 1.00. The molecule has 1 heteroatoms. The van der Waals surface area contributed by atoms with E-state index in [0.29, 0.717) is 0 Å². The summed E-state index contributed by atoms with van der Waals surface area (Å²) in [6.07, 6.45) is 7.76. The van der Waals surface area contributed by atoms with Crippen LogP contribution in [0.2, 0.25) is 0 Å². The Morgan fingerprint density at radius 3 is 2.60 bits per heavy atom. The van der Waals surface area contributed by atoms with Gasteiger partial charge in [0.2, 0.25) is 0 Å². The molecule has 3 atom stereocenters. The van der Waals surface area contributed by atoms with Crippen molar-refractivity contribution in [3.63, 3.8) is 0 Å². The van der Waals surface area contributed by atoms with Crippen LogP contribution in [0.4, 0.5) is 0 Å². The monoisotopic (exact) mass is 140 g/mol. The predicted molar refractivity (Wildman–Crippen MR) is 40.7 cm³/mol. The zero-order valence-corrected chi connectivity index (χ0v) is 6.42. The molecule has 0 aromatic carbocycles. The first-order valence-corrected chi connectivity index (χ1v) is 4.54. The van der Waals surface area contributed by atoms with Crippen LogP contribution < -0.4 is 0 Å². The quantitative estimate of drug-likeness (QED) is 0.545. The molecule has 2 fully saturated rings. The molecular weight excluding hydrogens is 124 g/mol. The highest BCUT2D eigenvalue weighted by atomic mass is 16.3. The standard InChI is InChI=1S/C9H16O/c10-9-5-4-7-2-1-3-8(7)6-9/h7-10H,1-6H2/t7-,8+,9-/m0/s1. The molecule has 2 rings (SSSR count). The van der Waals surface area contributed by atoms with Gasteiger partial charge in [-0.15, -0.1) is 0 Å². The molecule has 0 spiro atoms. The van der Waals surface area contributed by atoms with Crippen LogP contribution in [-0.2, 0) is 0 Å². The first kappa shape index (κ1) is 6.66. The third kappa shape index (κ3) is 1.07. The zero-order chi connectivity index (χ0) is 6.97. The van der Waals surface area contributed by atoms with Gasteiger partial charge in [-0.3, -0.25) is 0 Å². The van der Waals surface area contributed by atoms with E-state index in [1.807, 2.05) is 0 Å². The molecule has 0 amide bonds. The first-order chi connectivity index (χ1) is 4.86. The van der Waals surface area contributed by atoms with Crippen molar-refractivity contribution in [3.8, 4) is 0 Å². The van der Waals surface area contributed by atoms with Crippen LogP contribution in [0.5, 0.6) is 0 Å². The van der Waals surface area contributed by atoms with E-state index in [1.54, 1.807) is 0 Å². The molecule has 0 heterocycles. The lowest BCUT2D eigenvalue weighted by molar-refractivity contribution is 0.0806. The van der Waals surface area contributed by atoms with E-state index in [9.17, 15) is 5.11 Å². The minimum atomic E-state index is 0.0411. The van der Waals surface area contributed by atoms with Crippen molar-refractivity contribution in [2.75, 3.05) is 0 Å². The zero-order valence-electron chi connectivity index (χ0n) is 6.42. The molecule has 1 N–H and O–H groups in total. The van der Waals surface area contributed by atoms with Gasteiger partial charge in [0.05, 0.1) is 6.10 Å². The summed E-state index contributed by atoms with van der Waals surface area (Å²) in [4.78, 5) is 0. The van der Waals surface area contributed by atoms with Gasteiger partial charge in [0, 0.05) is 0 Å². The van der Waals surface area contributed by atoms with Crippen molar-refractivity contribution in [1.29, 1.82) is 0 Å². The third-order valence-electron chi connectivity index (χ3n) is 3.26. The largest absolute Gasteiger partial charge is 0.393 e. The molecule has 2 aliphatic carbocycles. The number of aliphatic hydroxyl groups excluding tert-OH is 1. The van der Waals surface area contributed by atoms with E-state index < -0.39 is 0 Å². The molecular formula is C9H16O. The minimum Gasteiger partial charge on any atom is -0.393 e. The molecule has 2 saturated carbocycles. The normalized spacial score (nSPS) is 47.1. The van der Waals surface area contributed by atoms with Crippen molar-refractivity contribution in [3.05, 3.63) is 0 Å². The lowest BCUT2D eigenvalue weighted by Crippen LogP contribution is -2.23. The predicted octanol–water partition coefficient (Wildman–Crippen LogP) is 1.95. The van der Waals surface area contributed by atoms with Crippen molar-refractivity contribution < 1.29 is 5.11 Å². The van der Waals surface area contributed by atoms with Crippen LogP contribution in [0, 0.1) is 11.8 Å². The van der Waals surface area contributed by atoms with E-state index in [1.165, 1.54) is 25.7 Å². The highest BCUT2D eigenvalue weighted by Crippen LogP contribution is 2.41. The van der Waals surface area contributed by atoms with Crippen molar-refractivity contribution in [2.45, 2.75) is 44.6 Å². The highest BCUT2D eigenvalue weighted by molar-refractivity contribution is 4.84. The second-order valence-electron chi connectivity index (χ2n) is 3.92. The number of rotatable bonds is 0. The maximum absolute atomic E-state index is 9.36. The van der Waals surface area contributed by atoms with Gasteiger partial charge in [0.1, 0.15) is 0 Å². The summed E-state index contributed by atoms with van der Waals surface area (Å²) < 4.78 is 0. The summed E-state index contributed by atoms with van der Waals surface area (Å²) in [5.41, 5.74) is 0. The Morgan fingerprint density at radius 2 is 1.70 bits per heavy atom. The van der Waals surface area contributed by atoms with Crippen molar-refractivity contribution in [2.24, 2.45) is 11.8 Å². The van der Waals surface area contributed by atoms with Crippen LogP contribution in [0.25, 0.3) is 0 Å². The number of fused-ring (bicyclic) bond motifs is 1. The van der Waals surface area contributed by atoms with Gasteiger partial charge in [-0.2, -0.15) is 0 Å². The van der Waals surface area contributed by atoms with Gasteiger partial charge >= 0.3 is 0 Å². The Morgan fingerprint density at radius 1 is 0.900 bits per heavy atom. The first-order valence-electron chi connectivity index (χ1n) is 4.54. The van der Waals surface area contributed by atoms with E-state index >= 15 is 0 Å². The Labute approximate surface area is 62.4 Å². The Bertz CT molecular complexity index is 122. The van der Waals surface area contributed by atoms with Crippen LogP contribution in [0.3, 0.4) is 0 Å². The molecule has 0 bridgehead atoms. The van der Waals surface area contributed by atoms with E-state index in [-0.39, 0.29) is 6.10 Å². The summed E-state index contributed by atoms with van der Waals surface area (Å²) in [6.45, 7) is 0. The molecule has 58 valence electrons. The van der Waals surface area contributed by atoms with Gasteiger partial charge < -0.3 is 5.11 Å². The SMILES string of the molecule is O[C@H]1CC[C@@H]2CCC[C@@H]2C1. The minimum absolute atomic E-state index is 0.0411. The van der Waals surface area contributed by atoms with Crippen LogP contribution in [0.1, 0.15) is 38.5 Å². The summed E-state index contributed by atoms with van der Waals surface area (Å²) in [6, 6.07) is 0. The van der Waals surface area contributed by atoms with Crippen molar-refractivity contribution >= 4 is 0 Å². The lowest BCUT2D eigenvalue weighted by Gasteiger charge is -2.28. The number of hydrogen-bond acceptors (Lipinski definition) is 1. The highest BCUT2D eigenvalue weighted by Gasteiger charge is 2.32. The van der Waals surface area contributed by atoms with E-state index in [4.69, 9.17) is 0 Å².